The summed E-state index contributed by atoms with van der Waals surface area (Å²) in [6.45, 7) is 1.97. The third-order valence-corrected chi connectivity index (χ3v) is 4.73. The number of aryl methyl sites for hydroxylation is 1. The van der Waals surface area contributed by atoms with E-state index in [0.717, 1.165) is 22.9 Å². The molecule has 1 amide bonds. The van der Waals surface area contributed by atoms with Crippen LogP contribution in [0.5, 0.6) is 0 Å². The van der Waals surface area contributed by atoms with E-state index in [2.05, 4.69) is 21.2 Å². The van der Waals surface area contributed by atoms with E-state index in [9.17, 15) is 4.79 Å². The fourth-order valence-electron chi connectivity index (χ4n) is 2.98. The Balaban J connectivity index is 2.12. The van der Waals surface area contributed by atoms with Gasteiger partial charge in [-0.2, -0.15) is 0 Å². The summed E-state index contributed by atoms with van der Waals surface area (Å²) in [5, 5.41) is 3.03. The molecular weight excluding hydrogens is 348 g/mol. The van der Waals surface area contributed by atoms with Crippen LogP contribution in [0.3, 0.4) is 0 Å². The number of hydrogen-bond donors (Lipinski definition) is 2. The first-order chi connectivity index (χ1) is 9.97. The molecule has 1 saturated carbocycles. The molecule has 2 rings (SSSR count). The molecule has 1 atom stereocenters. The number of halogens is 1. The molecule has 0 saturated heterocycles. The second-order valence-electron chi connectivity index (χ2n) is 5.77. The summed E-state index contributed by atoms with van der Waals surface area (Å²) in [4.78, 5) is 12.9. The molecule has 5 heteroatoms. The monoisotopic (exact) mass is 368 g/mol. The lowest BCUT2D eigenvalue weighted by Crippen LogP contribution is -2.48. The van der Waals surface area contributed by atoms with Crippen LogP contribution in [-0.4, -0.2) is 16.9 Å². The highest BCUT2D eigenvalue weighted by atomic mass is 79.9. The van der Waals surface area contributed by atoms with Gasteiger partial charge in [-0.1, -0.05) is 47.4 Å². The summed E-state index contributed by atoms with van der Waals surface area (Å²) in [6.07, 6.45) is 5.81. The number of benzene rings is 1. The lowest BCUT2D eigenvalue weighted by Gasteiger charge is -2.30. The molecule has 0 radical (unpaired) electrons. The van der Waals surface area contributed by atoms with Gasteiger partial charge in [-0.05, 0) is 49.4 Å². The van der Waals surface area contributed by atoms with Crippen molar-refractivity contribution in [3.63, 3.8) is 0 Å². The zero-order chi connectivity index (χ0) is 15.4. The Morgan fingerprint density at radius 2 is 2.00 bits per heavy atom. The Bertz CT molecular complexity index is 521. The average molecular weight is 369 g/mol. The summed E-state index contributed by atoms with van der Waals surface area (Å²) in [5.41, 5.74) is 7.54. The first-order valence-electron chi connectivity index (χ1n) is 7.35. The first kappa shape index (κ1) is 16.4. The van der Waals surface area contributed by atoms with Gasteiger partial charge >= 0.3 is 0 Å². The zero-order valence-electron chi connectivity index (χ0n) is 12.2. The number of nitrogens with two attached hydrogens (primary N) is 1. The van der Waals surface area contributed by atoms with Gasteiger partial charge in [-0.25, -0.2) is 0 Å². The van der Waals surface area contributed by atoms with E-state index in [1.54, 1.807) is 0 Å². The van der Waals surface area contributed by atoms with Crippen molar-refractivity contribution in [2.75, 3.05) is 0 Å². The molecule has 3 N–H and O–H groups in total. The number of rotatable bonds is 4. The lowest BCUT2D eigenvalue weighted by molar-refractivity contribution is 0.0931. The number of carbonyl (C=O) groups excluding carboxylic acids is 1. The van der Waals surface area contributed by atoms with Crippen molar-refractivity contribution in [1.29, 1.82) is 0 Å². The average Bonchev–Trinajstić information content (AvgIpc) is 2.44. The van der Waals surface area contributed by atoms with E-state index in [1.807, 2.05) is 25.1 Å². The highest BCUT2D eigenvalue weighted by Gasteiger charge is 2.27. The minimum atomic E-state index is -0.202. The third-order valence-electron chi connectivity index (χ3n) is 4.02. The molecule has 0 spiro atoms. The molecule has 1 aromatic rings. The van der Waals surface area contributed by atoms with Crippen LogP contribution >= 0.6 is 28.1 Å². The molecule has 1 unspecified atom stereocenters. The Hall–Kier alpha value is -0.940. The highest BCUT2D eigenvalue weighted by Crippen LogP contribution is 2.27. The molecule has 3 nitrogen and oxygen atoms in total. The Labute approximate surface area is 139 Å². The summed E-state index contributed by atoms with van der Waals surface area (Å²) in [6, 6.07) is 5.47. The van der Waals surface area contributed by atoms with E-state index < -0.39 is 0 Å². The number of hydrogen-bond acceptors (Lipinski definition) is 2. The van der Waals surface area contributed by atoms with E-state index in [4.69, 9.17) is 18.0 Å². The van der Waals surface area contributed by atoms with E-state index >= 15 is 0 Å². The molecule has 114 valence electrons. The van der Waals surface area contributed by atoms with Gasteiger partial charge in [-0.3, -0.25) is 4.79 Å². The van der Waals surface area contributed by atoms with Crippen LogP contribution in [0, 0.1) is 12.8 Å². The van der Waals surface area contributed by atoms with E-state index in [-0.39, 0.29) is 11.9 Å². The van der Waals surface area contributed by atoms with Crippen LogP contribution in [0.2, 0.25) is 0 Å². The summed E-state index contributed by atoms with van der Waals surface area (Å²) in [7, 11) is 0. The molecule has 21 heavy (non-hydrogen) atoms. The maximum atomic E-state index is 12.5. The summed E-state index contributed by atoms with van der Waals surface area (Å²) in [5.74, 6) is 0.260. The predicted octanol–water partition coefficient (Wildman–Crippen LogP) is 3.72. The second-order valence-corrected chi connectivity index (χ2v) is 7.16. The molecule has 0 aliphatic heterocycles. The van der Waals surface area contributed by atoms with Crippen LogP contribution in [0.1, 0.15) is 48.0 Å². The Morgan fingerprint density at radius 3 is 2.57 bits per heavy atom. The summed E-state index contributed by atoms with van der Waals surface area (Å²) >= 11 is 8.59. The lowest BCUT2D eigenvalue weighted by atomic mass is 9.83. The predicted molar refractivity (Wildman–Crippen MR) is 93.5 cm³/mol. The fourth-order valence-corrected chi connectivity index (χ4v) is 3.84. The van der Waals surface area contributed by atoms with Crippen molar-refractivity contribution >= 4 is 39.0 Å². The zero-order valence-corrected chi connectivity index (χ0v) is 14.6. The van der Waals surface area contributed by atoms with Crippen LogP contribution < -0.4 is 11.1 Å². The van der Waals surface area contributed by atoms with Crippen molar-refractivity contribution < 1.29 is 4.79 Å². The Morgan fingerprint density at radius 1 is 1.33 bits per heavy atom. The standard InChI is InChI=1S/C16H21BrN2OS/c1-10-7-12(9-13(17)8-10)16(20)19-14(15(18)21)11-5-3-2-4-6-11/h7-9,11,14H,2-6H2,1H3,(H2,18,21)(H,19,20). The van der Waals surface area contributed by atoms with Gasteiger partial charge in [0.2, 0.25) is 0 Å². The minimum Gasteiger partial charge on any atom is -0.392 e. The third kappa shape index (κ3) is 4.51. The molecule has 0 heterocycles. The van der Waals surface area contributed by atoms with Gasteiger partial charge in [0.05, 0.1) is 11.0 Å². The van der Waals surface area contributed by atoms with Crippen LogP contribution in [-0.2, 0) is 0 Å². The second kappa shape index (κ2) is 7.36. The van der Waals surface area contributed by atoms with Crippen molar-refractivity contribution in [3.05, 3.63) is 33.8 Å². The highest BCUT2D eigenvalue weighted by molar-refractivity contribution is 9.10. The minimum absolute atomic E-state index is 0.109. The van der Waals surface area contributed by atoms with E-state index in [1.165, 1.54) is 19.3 Å². The molecule has 1 aliphatic rings. The van der Waals surface area contributed by atoms with Gasteiger partial charge in [-0.15, -0.1) is 0 Å². The maximum absolute atomic E-state index is 12.5. The van der Waals surface area contributed by atoms with Crippen LogP contribution in [0.25, 0.3) is 0 Å². The number of nitrogens with one attached hydrogen (secondary N) is 1. The number of thiocarbonyl (C=S) groups is 1. The molecular formula is C16H21BrN2OS. The normalized spacial score (nSPS) is 17.2. The smallest absolute Gasteiger partial charge is 0.251 e. The molecule has 0 aromatic heterocycles. The Kier molecular flexibility index (Phi) is 5.76. The van der Waals surface area contributed by atoms with Crippen molar-refractivity contribution in [3.8, 4) is 0 Å². The topological polar surface area (TPSA) is 55.1 Å². The van der Waals surface area contributed by atoms with Gasteiger partial charge in [0.15, 0.2) is 0 Å². The van der Waals surface area contributed by atoms with Crippen molar-refractivity contribution in [1.82, 2.24) is 5.32 Å². The maximum Gasteiger partial charge on any atom is 0.251 e. The molecule has 1 fully saturated rings. The number of carbonyl (C=O) groups is 1. The van der Waals surface area contributed by atoms with Crippen LogP contribution in [0.15, 0.2) is 22.7 Å². The largest absolute Gasteiger partial charge is 0.392 e. The quantitative estimate of drug-likeness (QED) is 0.796. The number of amides is 1. The van der Waals surface area contributed by atoms with Crippen molar-refractivity contribution in [2.24, 2.45) is 11.7 Å². The van der Waals surface area contributed by atoms with Gasteiger partial charge < -0.3 is 11.1 Å². The SMILES string of the molecule is Cc1cc(Br)cc(C(=O)NC(C(N)=S)C2CCCCC2)c1. The molecule has 1 aromatic carbocycles. The van der Waals surface area contributed by atoms with Crippen molar-refractivity contribution in [2.45, 2.75) is 45.1 Å². The summed E-state index contributed by atoms with van der Waals surface area (Å²) < 4.78 is 0.900. The fraction of sp³-hybridized carbons (Fsp3) is 0.500. The van der Waals surface area contributed by atoms with Gasteiger partial charge in [0, 0.05) is 10.0 Å². The van der Waals surface area contributed by atoms with E-state index in [0.29, 0.717) is 16.5 Å². The molecule has 1 aliphatic carbocycles. The van der Waals surface area contributed by atoms with Gasteiger partial charge in [0.1, 0.15) is 0 Å². The van der Waals surface area contributed by atoms with Crippen LogP contribution in [0.4, 0.5) is 0 Å². The molecule has 0 bridgehead atoms. The van der Waals surface area contributed by atoms with Gasteiger partial charge in [0.25, 0.3) is 5.91 Å². The first-order valence-corrected chi connectivity index (χ1v) is 8.55.